The molecule has 0 aliphatic rings. The van der Waals surface area contributed by atoms with Gasteiger partial charge in [-0.25, -0.2) is 10.5 Å². The molecule has 0 aliphatic carbocycles. The lowest BCUT2D eigenvalue weighted by Crippen LogP contribution is -2.37. The van der Waals surface area contributed by atoms with Crippen molar-refractivity contribution in [2.45, 2.75) is 20.4 Å². The van der Waals surface area contributed by atoms with Gasteiger partial charge in [-0.1, -0.05) is 0 Å². The minimum atomic E-state index is -0.595. The monoisotopic (exact) mass is 196 g/mol. The lowest BCUT2D eigenvalue weighted by Gasteiger charge is -2.05. The molecule has 0 radical (unpaired) electrons. The number of aryl methyl sites for hydroxylation is 2. The van der Waals surface area contributed by atoms with E-state index in [9.17, 15) is 9.59 Å². The second-order valence-electron chi connectivity index (χ2n) is 2.79. The molecule has 1 rings (SSSR count). The van der Waals surface area contributed by atoms with Crippen LogP contribution in [0.4, 0.5) is 0 Å². The molecule has 1 heterocycles. The number of aromatic nitrogens is 2. The Kier molecular flexibility index (Phi) is 2.98. The van der Waals surface area contributed by atoms with Gasteiger partial charge < -0.3 is 0 Å². The summed E-state index contributed by atoms with van der Waals surface area (Å²) in [6, 6.07) is 1.41. The van der Waals surface area contributed by atoms with Crippen LogP contribution in [-0.2, 0) is 6.54 Å². The summed E-state index contributed by atoms with van der Waals surface area (Å²) in [6.45, 7) is 3.90. The Balaban J connectivity index is 3.37. The molecule has 0 atom stereocenters. The van der Waals surface area contributed by atoms with Crippen molar-refractivity contribution < 1.29 is 4.79 Å². The number of amides is 1. The molecule has 0 saturated heterocycles. The topological polar surface area (TPSA) is 90.0 Å². The molecule has 14 heavy (non-hydrogen) atoms. The highest BCUT2D eigenvalue weighted by Gasteiger charge is 2.11. The van der Waals surface area contributed by atoms with Crippen molar-refractivity contribution in [3.8, 4) is 0 Å². The van der Waals surface area contributed by atoms with Crippen LogP contribution in [-0.4, -0.2) is 15.7 Å². The molecule has 76 valence electrons. The summed E-state index contributed by atoms with van der Waals surface area (Å²) < 4.78 is 1.22. The second kappa shape index (κ2) is 4.01. The van der Waals surface area contributed by atoms with Crippen molar-refractivity contribution in [3.05, 3.63) is 27.7 Å². The number of hydrogen-bond acceptors (Lipinski definition) is 4. The van der Waals surface area contributed by atoms with Crippen LogP contribution in [0.3, 0.4) is 0 Å². The number of nitrogens with zero attached hydrogens (tertiary/aromatic N) is 2. The molecule has 1 amide bonds. The molecular formula is C8H12N4O2. The van der Waals surface area contributed by atoms with Crippen molar-refractivity contribution in [2.75, 3.05) is 0 Å². The molecule has 1 aromatic heterocycles. The zero-order valence-corrected chi connectivity index (χ0v) is 8.07. The third-order valence-electron chi connectivity index (χ3n) is 1.77. The van der Waals surface area contributed by atoms with Gasteiger partial charge in [0.1, 0.15) is 5.56 Å². The summed E-state index contributed by atoms with van der Waals surface area (Å²) in [7, 11) is 0. The Morgan fingerprint density at radius 2 is 2.36 bits per heavy atom. The molecule has 0 aliphatic heterocycles. The first-order valence-corrected chi connectivity index (χ1v) is 4.19. The Bertz CT molecular complexity index is 410. The predicted molar refractivity (Wildman–Crippen MR) is 50.6 cm³/mol. The van der Waals surface area contributed by atoms with E-state index in [-0.39, 0.29) is 5.56 Å². The highest BCUT2D eigenvalue weighted by atomic mass is 16.2. The lowest BCUT2D eigenvalue weighted by molar-refractivity contribution is 0.0951. The van der Waals surface area contributed by atoms with E-state index in [2.05, 4.69) is 5.10 Å². The van der Waals surface area contributed by atoms with Crippen molar-refractivity contribution in [3.63, 3.8) is 0 Å². The van der Waals surface area contributed by atoms with Gasteiger partial charge in [0, 0.05) is 6.54 Å². The highest BCUT2D eigenvalue weighted by molar-refractivity contribution is 5.93. The third kappa shape index (κ3) is 1.80. The van der Waals surface area contributed by atoms with Crippen LogP contribution in [0.1, 0.15) is 23.0 Å². The Morgan fingerprint density at radius 1 is 1.71 bits per heavy atom. The Hall–Kier alpha value is -1.69. The summed E-state index contributed by atoms with van der Waals surface area (Å²) in [4.78, 5) is 22.7. The molecule has 0 fully saturated rings. The van der Waals surface area contributed by atoms with E-state index < -0.39 is 11.5 Å². The van der Waals surface area contributed by atoms with Crippen LogP contribution in [0.25, 0.3) is 0 Å². The first kappa shape index (κ1) is 10.4. The fourth-order valence-corrected chi connectivity index (χ4v) is 1.13. The summed E-state index contributed by atoms with van der Waals surface area (Å²) in [6.07, 6.45) is 0. The zero-order valence-electron chi connectivity index (χ0n) is 8.07. The fraction of sp³-hybridized carbons (Fsp3) is 0.375. The quantitative estimate of drug-likeness (QED) is 0.367. The standard InChI is InChI=1S/C8H12N4O2/c1-3-12-8(14)6(7(13)10-9)4-5(2)11-12/h4H,3,9H2,1-2H3,(H,10,13). The van der Waals surface area contributed by atoms with Gasteiger partial charge in [-0.05, 0) is 19.9 Å². The molecule has 3 N–H and O–H groups in total. The van der Waals surface area contributed by atoms with Crippen molar-refractivity contribution in [2.24, 2.45) is 5.84 Å². The van der Waals surface area contributed by atoms with E-state index in [0.717, 1.165) is 0 Å². The van der Waals surface area contributed by atoms with Crippen LogP contribution < -0.4 is 16.8 Å². The Labute approximate surface area is 80.7 Å². The number of rotatable bonds is 2. The van der Waals surface area contributed by atoms with E-state index in [4.69, 9.17) is 5.84 Å². The Morgan fingerprint density at radius 3 is 2.86 bits per heavy atom. The summed E-state index contributed by atoms with van der Waals surface area (Å²) in [5, 5.41) is 3.95. The molecule has 0 aromatic carbocycles. The maximum atomic E-state index is 11.5. The SMILES string of the molecule is CCn1nc(C)cc(C(=O)NN)c1=O. The number of carbonyl (C=O) groups is 1. The average Bonchev–Trinajstić information content (AvgIpc) is 2.19. The van der Waals surface area contributed by atoms with E-state index >= 15 is 0 Å². The predicted octanol–water partition coefficient (Wildman–Crippen LogP) is -0.825. The number of hydrazine groups is 1. The number of nitrogen functional groups attached to an aromatic ring is 1. The van der Waals surface area contributed by atoms with Gasteiger partial charge in [-0.2, -0.15) is 5.10 Å². The van der Waals surface area contributed by atoms with Crippen LogP contribution in [0.2, 0.25) is 0 Å². The van der Waals surface area contributed by atoms with Gasteiger partial charge in [0.05, 0.1) is 5.69 Å². The first-order chi connectivity index (χ1) is 6.60. The van der Waals surface area contributed by atoms with Crippen LogP contribution in [0.15, 0.2) is 10.9 Å². The normalized spacial score (nSPS) is 9.93. The van der Waals surface area contributed by atoms with Gasteiger partial charge in [-0.3, -0.25) is 15.0 Å². The van der Waals surface area contributed by atoms with Gasteiger partial charge in [0.2, 0.25) is 0 Å². The molecule has 0 unspecified atom stereocenters. The van der Waals surface area contributed by atoms with Gasteiger partial charge in [0.25, 0.3) is 11.5 Å². The second-order valence-corrected chi connectivity index (χ2v) is 2.79. The molecule has 6 nitrogen and oxygen atoms in total. The zero-order chi connectivity index (χ0) is 10.7. The van der Waals surface area contributed by atoms with Gasteiger partial charge in [-0.15, -0.1) is 0 Å². The minimum absolute atomic E-state index is 0.0156. The van der Waals surface area contributed by atoms with Gasteiger partial charge >= 0.3 is 0 Å². The summed E-state index contributed by atoms with van der Waals surface area (Å²) in [5.41, 5.74) is 2.11. The van der Waals surface area contributed by atoms with Crippen molar-refractivity contribution in [1.29, 1.82) is 0 Å². The maximum absolute atomic E-state index is 11.5. The average molecular weight is 196 g/mol. The van der Waals surface area contributed by atoms with E-state index in [0.29, 0.717) is 12.2 Å². The summed E-state index contributed by atoms with van der Waals surface area (Å²) >= 11 is 0. The largest absolute Gasteiger partial charge is 0.290 e. The van der Waals surface area contributed by atoms with Crippen molar-refractivity contribution >= 4 is 5.91 Å². The lowest BCUT2D eigenvalue weighted by atomic mass is 10.2. The van der Waals surface area contributed by atoms with Crippen LogP contribution in [0, 0.1) is 6.92 Å². The minimum Gasteiger partial charge on any atom is -0.290 e. The molecule has 0 saturated carbocycles. The van der Waals surface area contributed by atoms with E-state index in [1.165, 1.54) is 10.7 Å². The highest BCUT2D eigenvalue weighted by Crippen LogP contribution is 1.94. The number of nitrogens with two attached hydrogens (primary N) is 1. The maximum Gasteiger partial charge on any atom is 0.279 e. The van der Waals surface area contributed by atoms with Crippen LogP contribution in [0.5, 0.6) is 0 Å². The number of carbonyl (C=O) groups excluding carboxylic acids is 1. The molecule has 6 heteroatoms. The van der Waals surface area contributed by atoms with Crippen LogP contribution >= 0.6 is 0 Å². The smallest absolute Gasteiger partial charge is 0.279 e. The summed E-state index contributed by atoms with van der Waals surface area (Å²) in [5.74, 6) is 4.35. The van der Waals surface area contributed by atoms with E-state index in [1.54, 1.807) is 13.8 Å². The van der Waals surface area contributed by atoms with Gasteiger partial charge in [0.15, 0.2) is 0 Å². The van der Waals surface area contributed by atoms with E-state index in [1.807, 2.05) is 5.43 Å². The molecule has 0 spiro atoms. The first-order valence-electron chi connectivity index (χ1n) is 4.19. The molecular weight excluding hydrogens is 184 g/mol. The number of nitrogens with one attached hydrogen (secondary N) is 1. The number of hydrogen-bond donors (Lipinski definition) is 2. The third-order valence-corrected chi connectivity index (χ3v) is 1.77. The molecule has 1 aromatic rings. The van der Waals surface area contributed by atoms with Crippen molar-refractivity contribution in [1.82, 2.24) is 15.2 Å². The fourth-order valence-electron chi connectivity index (χ4n) is 1.13. The molecule has 0 bridgehead atoms.